The van der Waals surface area contributed by atoms with Gasteiger partial charge in [-0.15, -0.1) is 0 Å². The van der Waals surface area contributed by atoms with Crippen molar-refractivity contribution in [3.05, 3.63) is 23.3 Å². The van der Waals surface area contributed by atoms with E-state index in [9.17, 15) is 10.2 Å². The third kappa shape index (κ3) is 2.16. The Kier molecular flexibility index (Phi) is 3.58. The Morgan fingerprint density at radius 2 is 1.70 bits per heavy atom. The van der Waals surface area contributed by atoms with Crippen molar-refractivity contribution in [1.29, 1.82) is 0 Å². The number of fused-ring (bicyclic) bond motifs is 3. The average molecular weight is 279 g/mol. The summed E-state index contributed by atoms with van der Waals surface area (Å²) in [5, 5.41) is 23.2. The van der Waals surface area contributed by atoms with E-state index in [0.717, 1.165) is 12.3 Å². The summed E-state index contributed by atoms with van der Waals surface area (Å²) in [6.45, 7) is 0.750. The largest absolute Gasteiger partial charge is 0.493 e. The Morgan fingerprint density at radius 1 is 1.05 bits per heavy atom. The zero-order chi connectivity index (χ0) is 14.3. The minimum atomic E-state index is -0.655. The molecule has 0 aromatic heterocycles. The molecular formula is C15H21NO4. The molecule has 4 atom stereocenters. The maximum atomic E-state index is 9.94. The molecule has 0 spiro atoms. The van der Waals surface area contributed by atoms with Crippen LogP contribution >= 0.6 is 0 Å². The second-order valence-electron chi connectivity index (χ2n) is 5.61. The van der Waals surface area contributed by atoms with Gasteiger partial charge in [-0.25, -0.2) is 0 Å². The van der Waals surface area contributed by atoms with Gasteiger partial charge in [-0.05, 0) is 36.1 Å². The van der Waals surface area contributed by atoms with Crippen LogP contribution in [0.3, 0.4) is 0 Å². The van der Waals surface area contributed by atoms with Crippen molar-refractivity contribution in [2.24, 2.45) is 0 Å². The van der Waals surface area contributed by atoms with Crippen LogP contribution in [0.1, 0.15) is 29.9 Å². The first-order chi connectivity index (χ1) is 9.63. The van der Waals surface area contributed by atoms with Gasteiger partial charge in [0.25, 0.3) is 0 Å². The predicted octanol–water partition coefficient (Wildman–Crippen LogP) is 0.775. The van der Waals surface area contributed by atoms with Crippen LogP contribution in [-0.2, 0) is 6.54 Å². The van der Waals surface area contributed by atoms with E-state index < -0.39 is 12.2 Å². The van der Waals surface area contributed by atoms with Crippen molar-refractivity contribution in [3.63, 3.8) is 0 Å². The summed E-state index contributed by atoms with van der Waals surface area (Å²) in [7, 11) is 3.26. The van der Waals surface area contributed by atoms with Crippen molar-refractivity contribution < 1.29 is 19.7 Å². The van der Waals surface area contributed by atoms with Crippen LogP contribution in [0.2, 0.25) is 0 Å². The first kappa shape index (κ1) is 13.7. The van der Waals surface area contributed by atoms with Crippen molar-refractivity contribution >= 4 is 0 Å². The summed E-state index contributed by atoms with van der Waals surface area (Å²) in [6, 6.07) is 4.21. The lowest BCUT2D eigenvalue weighted by molar-refractivity contribution is -0.0274. The maximum absolute atomic E-state index is 9.94. The number of nitrogens with one attached hydrogen (secondary N) is 1. The molecule has 0 saturated heterocycles. The quantitative estimate of drug-likeness (QED) is 0.746. The molecule has 1 aliphatic heterocycles. The van der Waals surface area contributed by atoms with E-state index >= 15 is 0 Å². The van der Waals surface area contributed by atoms with Crippen LogP contribution in [0.25, 0.3) is 0 Å². The van der Waals surface area contributed by atoms with Gasteiger partial charge in [-0.3, -0.25) is 0 Å². The maximum Gasteiger partial charge on any atom is 0.161 e. The third-order valence-electron chi connectivity index (χ3n) is 4.52. The molecule has 1 saturated carbocycles. The van der Waals surface area contributed by atoms with Gasteiger partial charge in [-0.1, -0.05) is 0 Å². The summed E-state index contributed by atoms with van der Waals surface area (Å²) >= 11 is 0. The summed E-state index contributed by atoms with van der Waals surface area (Å²) in [5.41, 5.74) is 2.37. The highest BCUT2D eigenvalue weighted by Gasteiger charge is 2.39. The Bertz CT molecular complexity index is 505. The fourth-order valence-electron chi connectivity index (χ4n) is 3.41. The van der Waals surface area contributed by atoms with Gasteiger partial charge in [-0.2, -0.15) is 0 Å². The summed E-state index contributed by atoms with van der Waals surface area (Å²) in [6.07, 6.45) is -0.136. The van der Waals surface area contributed by atoms with Crippen LogP contribution < -0.4 is 14.8 Å². The molecule has 2 aliphatic rings. The van der Waals surface area contributed by atoms with E-state index in [2.05, 4.69) is 5.32 Å². The zero-order valence-corrected chi connectivity index (χ0v) is 11.8. The van der Waals surface area contributed by atoms with E-state index in [4.69, 9.17) is 9.47 Å². The molecule has 20 heavy (non-hydrogen) atoms. The first-order valence-corrected chi connectivity index (χ1v) is 6.98. The van der Waals surface area contributed by atoms with Crippen LogP contribution in [0.5, 0.6) is 11.5 Å². The SMILES string of the molecule is COc1cc2c(cc1OC)[C@@H]1C[C@@H](O)[C@@H](O)C[C@@H]1NC2. The number of ether oxygens (including phenoxy) is 2. The molecule has 3 rings (SSSR count). The molecule has 1 aromatic carbocycles. The Morgan fingerprint density at radius 3 is 2.40 bits per heavy atom. The number of rotatable bonds is 2. The summed E-state index contributed by atoms with van der Waals surface area (Å²) in [4.78, 5) is 0. The van der Waals surface area contributed by atoms with Gasteiger partial charge in [0.1, 0.15) is 0 Å². The molecule has 1 aliphatic carbocycles. The van der Waals surface area contributed by atoms with Crippen molar-refractivity contribution in [3.8, 4) is 11.5 Å². The normalized spacial score (nSPS) is 32.2. The number of aliphatic hydroxyl groups excluding tert-OH is 2. The number of benzene rings is 1. The minimum Gasteiger partial charge on any atom is -0.493 e. The van der Waals surface area contributed by atoms with Gasteiger partial charge >= 0.3 is 0 Å². The average Bonchev–Trinajstić information content (AvgIpc) is 2.47. The predicted molar refractivity (Wildman–Crippen MR) is 74.2 cm³/mol. The summed E-state index contributed by atoms with van der Waals surface area (Å²) in [5.74, 6) is 1.65. The Hall–Kier alpha value is -1.30. The van der Waals surface area contributed by atoms with E-state index in [0.29, 0.717) is 18.6 Å². The first-order valence-electron chi connectivity index (χ1n) is 6.98. The second-order valence-corrected chi connectivity index (χ2v) is 5.61. The second kappa shape index (κ2) is 5.24. The molecule has 110 valence electrons. The van der Waals surface area contributed by atoms with Crippen molar-refractivity contribution in [2.75, 3.05) is 14.2 Å². The van der Waals surface area contributed by atoms with Gasteiger partial charge < -0.3 is 25.0 Å². The highest BCUT2D eigenvalue weighted by molar-refractivity contribution is 5.50. The highest BCUT2D eigenvalue weighted by Crippen LogP contribution is 2.42. The molecule has 1 aromatic rings. The van der Waals surface area contributed by atoms with Gasteiger partial charge in [0.15, 0.2) is 11.5 Å². The molecule has 1 heterocycles. The van der Waals surface area contributed by atoms with Crippen LogP contribution in [-0.4, -0.2) is 42.7 Å². The monoisotopic (exact) mass is 279 g/mol. The molecule has 0 unspecified atom stereocenters. The molecule has 0 bridgehead atoms. The molecule has 5 nitrogen and oxygen atoms in total. The highest BCUT2D eigenvalue weighted by atomic mass is 16.5. The van der Waals surface area contributed by atoms with Crippen molar-refractivity contribution in [1.82, 2.24) is 5.32 Å². The van der Waals surface area contributed by atoms with Crippen LogP contribution in [0, 0.1) is 0 Å². The van der Waals surface area contributed by atoms with E-state index in [-0.39, 0.29) is 12.0 Å². The van der Waals surface area contributed by atoms with E-state index in [1.807, 2.05) is 12.1 Å². The van der Waals surface area contributed by atoms with Crippen LogP contribution in [0.15, 0.2) is 12.1 Å². The lowest BCUT2D eigenvalue weighted by atomic mass is 9.74. The van der Waals surface area contributed by atoms with E-state index in [1.54, 1.807) is 14.2 Å². The molecule has 5 heteroatoms. The van der Waals surface area contributed by atoms with E-state index in [1.165, 1.54) is 11.1 Å². The van der Waals surface area contributed by atoms with Crippen molar-refractivity contribution in [2.45, 2.75) is 43.6 Å². The third-order valence-corrected chi connectivity index (χ3v) is 4.52. The van der Waals surface area contributed by atoms with Crippen LogP contribution in [0.4, 0.5) is 0 Å². The Labute approximate surface area is 118 Å². The number of aliphatic hydroxyl groups is 2. The number of hydrogen-bond donors (Lipinski definition) is 3. The molecule has 3 N–H and O–H groups in total. The molecule has 0 amide bonds. The zero-order valence-electron chi connectivity index (χ0n) is 11.8. The van der Waals surface area contributed by atoms with Gasteiger partial charge in [0.05, 0.1) is 26.4 Å². The fraction of sp³-hybridized carbons (Fsp3) is 0.600. The smallest absolute Gasteiger partial charge is 0.161 e. The lowest BCUT2D eigenvalue weighted by Gasteiger charge is -2.42. The fourth-order valence-corrected chi connectivity index (χ4v) is 3.41. The molecular weight excluding hydrogens is 258 g/mol. The molecule has 0 radical (unpaired) electrons. The minimum absolute atomic E-state index is 0.206. The van der Waals surface area contributed by atoms with Gasteiger partial charge in [0.2, 0.25) is 0 Å². The number of hydrogen-bond acceptors (Lipinski definition) is 5. The topological polar surface area (TPSA) is 71.0 Å². The molecule has 1 fully saturated rings. The van der Waals surface area contributed by atoms with Gasteiger partial charge in [0, 0.05) is 18.5 Å². The lowest BCUT2D eigenvalue weighted by Crippen LogP contribution is -2.49. The standard InChI is InChI=1S/C15H21NO4/c1-19-14-3-8-7-16-11-6-13(18)12(17)4-10(11)9(8)5-15(14)20-2/h3,5,10-13,16-18H,4,6-7H2,1-2H3/t10-,11-,12+,13-/m0/s1. The Balaban J connectivity index is 1.99. The summed E-state index contributed by atoms with van der Waals surface area (Å²) < 4.78 is 10.7. The number of methoxy groups -OCH3 is 2.